The monoisotopic (exact) mass is 196 g/mol. The van der Waals surface area contributed by atoms with Crippen molar-refractivity contribution in [1.29, 1.82) is 0 Å². The zero-order valence-corrected chi connectivity index (χ0v) is 10.7. The maximum absolute atomic E-state index is 2.46. The fourth-order valence-corrected chi connectivity index (χ4v) is 3.23. The summed E-state index contributed by atoms with van der Waals surface area (Å²) < 4.78 is 0. The fraction of sp³-hybridized carbons (Fsp3) is 1.00. The van der Waals surface area contributed by atoms with Gasteiger partial charge in [0.15, 0.2) is 0 Å². The summed E-state index contributed by atoms with van der Waals surface area (Å²) >= 11 is 0. The highest BCUT2D eigenvalue weighted by Gasteiger charge is 2.33. The minimum atomic E-state index is 0.890. The molecule has 1 aliphatic carbocycles. The summed E-state index contributed by atoms with van der Waals surface area (Å²) in [6.45, 7) is 12.1. The molecule has 0 bridgehead atoms. The summed E-state index contributed by atoms with van der Waals surface area (Å²) in [7, 11) is 0. The van der Waals surface area contributed by atoms with Gasteiger partial charge in [0.25, 0.3) is 0 Å². The molecular weight excluding hydrogens is 168 g/mol. The van der Waals surface area contributed by atoms with Gasteiger partial charge in [-0.25, -0.2) is 0 Å². The van der Waals surface area contributed by atoms with Crippen LogP contribution < -0.4 is 0 Å². The molecule has 0 heteroatoms. The summed E-state index contributed by atoms with van der Waals surface area (Å²) in [6, 6.07) is 0. The van der Waals surface area contributed by atoms with E-state index in [1.165, 1.54) is 25.7 Å². The lowest BCUT2D eigenvalue weighted by Gasteiger charge is -2.40. The van der Waals surface area contributed by atoms with Crippen molar-refractivity contribution in [3.8, 4) is 0 Å². The molecule has 0 aromatic heterocycles. The second kappa shape index (κ2) is 5.19. The van der Waals surface area contributed by atoms with Crippen LogP contribution >= 0.6 is 0 Å². The Balaban J connectivity index is 2.63. The van der Waals surface area contributed by atoms with Gasteiger partial charge in [-0.05, 0) is 42.4 Å². The summed E-state index contributed by atoms with van der Waals surface area (Å²) in [5.41, 5.74) is 0. The largest absolute Gasteiger partial charge is 0.0651 e. The van der Waals surface area contributed by atoms with E-state index in [0.29, 0.717) is 0 Å². The quantitative estimate of drug-likeness (QED) is 0.611. The lowest BCUT2D eigenvalue weighted by Crippen LogP contribution is -2.31. The molecule has 0 heterocycles. The second-order valence-electron chi connectivity index (χ2n) is 5.88. The topological polar surface area (TPSA) is 0 Å². The molecule has 1 aliphatic rings. The molecule has 0 aromatic carbocycles. The van der Waals surface area contributed by atoms with Gasteiger partial charge in [-0.2, -0.15) is 0 Å². The van der Waals surface area contributed by atoms with E-state index >= 15 is 0 Å². The van der Waals surface area contributed by atoms with Gasteiger partial charge in [-0.1, -0.05) is 47.5 Å². The summed E-state index contributed by atoms with van der Waals surface area (Å²) in [4.78, 5) is 0. The Bertz CT molecular complexity index is 159. The Morgan fingerprint density at radius 3 is 2.21 bits per heavy atom. The molecule has 0 amide bonds. The van der Waals surface area contributed by atoms with Crippen LogP contribution in [0, 0.1) is 29.6 Å². The van der Waals surface area contributed by atoms with Crippen molar-refractivity contribution in [2.75, 3.05) is 0 Å². The van der Waals surface area contributed by atoms with E-state index in [4.69, 9.17) is 0 Å². The second-order valence-corrected chi connectivity index (χ2v) is 5.88. The molecule has 84 valence electrons. The number of rotatable bonds is 3. The van der Waals surface area contributed by atoms with Gasteiger partial charge in [-0.15, -0.1) is 0 Å². The Hall–Kier alpha value is 0. The van der Waals surface area contributed by atoms with Crippen molar-refractivity contribution < 1.29 is 0 Å². The van der Waals surface area contributed by atoms with Crippen molar-refractivity contribution >= 4 is 0 Å². The maximum atomic E-state index is 2.46. The van der Waals surface area contributed by atoms with E-state index in [1.807, 2.05) is 0 Å². The molecule has 0 spiro atoms. The highest BCUT2D eigenvalue weighted by Crippen LogP contribution is 2.42. The fourth-order valence-electron chi connectivity index (χ4n) is 3.23. The predicted octanol–water partition coefficient (Wildman–Crippen LogP) is 4.74. The van der Waals surface area contributed by atoms with Gasteiger partial charge in [0.1, 0.15) is 0 Å². The zero-order valence-electron chi connectivity index (χ0n) is 10.7. The predicted molar refractivity (Wildman–Crippen MR) is 64.3 cm³/mol. The van der Waals surface area contributed by atoms with Crippen LogP contribution in [-0.2, 0) is 0 Å². The highest BCUT2D eigenvalue weighted by atomic mass is 14.4. The molecule has 4 atom stereocenters. The van der Waals surface area contributed by atoms with E-state index < -0.39 is 0 Å². The molecule has 1 rings (SSSR count). The minimum Gasteiger partial charge on any atom is -0.0651 e. The van der Waals surface area contributed by atoms with Crippen LogP contribution in [-0.4, -0.2) is 0 Å². The van der Waals surface area contributed by atoms with E-state index in [9.17, 15) is 0 Å². The third-order valence-electron chi connectivity index (χ3n) is 4.45. The van der Waals surface area contributed by atoms with Crippen LogP contribution in [0.5, 0.6) is 0 Å². The summed E-state index contributed by atoms with van der Waals surface area (Å²) in [5.74, 6) is 4.81. The van der Waals surface area contributed by atoms with Crippen molar-refractivity contribution in [3.63, 3.8) is 0 Å². The first kappa shape index (κ1) is 12.1. The Morgan fingerprint density at radius 1 is 1.07 bits per heavy atom. The molecule has 1 fully saturated rings. The van der Waals surface area contributed by atoms with Gasteiger partial charge < -0.3 is 0 Å². The van der Waals surface area contributed by atoms with Crippen LogP contribution in [0.3, 0.4) is 0 Å². The molecule has 0 saturated heterocycles. The third-order valence-corrected chi connectivity index (χ3v) is 4.45. The standard InChI is InChI=1S/C14H28/c1-6-12(5)14-9-11(4)7-8-13(14)10(2)3/h10-14H,6-9H2,1-5H3/t11?,12?,13-,14?/m0/s1. The van der Waals surface area contributed by atoms with Crippen molar-refractivity contribution in [2.24, 2.45) is 29.6 Å². The van der Waals surface area contributed by atoms with Crippen LogP contribution in [0.15, 0.2) is 0 Å². The first-order chi connectivity index (χ1) is 6.56. The lowest BCUT2D eigenvalue weighted by atomic mass is 9.65. The molecule has 0 nitrogen and oxygen atoms in total. The first-order valence-corrected chi connectivity index (χ1v) is 6.56. The molecule has 14 heavy (non-hydrogen) atoms. The smallest absolute Gasteiger partial charge is 0.0355 e. The average molecular weight is 196 g/mol. The summed E-state index contributed by atoms with van der Waals surface area (Å²) in [6.07, 6.45) is 5.79. The Kier molecular flexibility index (Phi) is 4.47. The Morgan fingerprint density at radius 2 is 1.71 bits per heavy atom. The van der Waals surface area contributed by atoms with Crippen molar-refractivity contribution in [3.05, 3.63) is 0 Å². The molecule has 0 N–H and O–H groups in total. The normalized spacial score (nSPS) is 36.0. The van der Waals surface area contributed by atoms with E-state index in [1.54, 1.807) is 0 Å². The SMILES string of the molecule is CCC(C)C1CC(C)CC[C@H]1C(C)C. The number of hydrogen-bond donors (Lipinski definition) is 0. The number of hydrogen-bond acceptors (Lipinski definition) is 0. The zero-order chi connectivity index (χ0) is 10.7. The van der Waals surface area contributed by atoms with Crippen LogP contribution in [0.1, 0.15) is 60.3 Å². The maximum Gasteiger partial charge on any atom is -0.0355 e. The van der Waals surface area contributed by atoms with Crippen LogP contribution in [0.4, 0.5) is 0 Å². The van der Waals surface area contributed by atoms with Gasteiger partial charge in [0, 0.05) is 0 Å². The van der Waals surface area contributed by atoms with Crippen LogP contribution in [0.25, 0.3) is 0 Å². The highest BCUT2D eigenvalue weighted by molar-refractivity contribution is 4.83. The van der Waals surface area contributed by atoms with Crippen LogP contribution in [0.2, 0.25) is 0 Å². The minimum absolute atomic E-state index is 0.890. The summed E-state index contributed by atoms with van der Waals surface area (Å²) in [5, 5.41) is 0. The molecule has 3 unspecified atom stereocenters. The van der Waals surface area contributed by atoms with Crippen molar-refractivity contribution in [1.82, 2.24) is 0 Å². The molecule has 0 radical (unpaired) electrons. The Labute approximate surface area is 90.5 Å². The van der Waals surface area contributed by atoms with Gasteiger partial charge in [-0.3, -0.25) is 0 Å². The average Bonchev–Trinajstić information content (AvgIpc) is 2.16. The molecule has 0 aliphatic heterocycles. The van der Waals surface area contributed by atoms with Gasteiger partial charge in [0.05, 0.1) is 0 Å². The van der Waals surface area contributed by atoms with Gasteiger partial charge >= 0.3 is 0 Å². The van der Waals surface area contributed by atoms with E-state index in [2.05, 4.69) is 34.6 Å². The molecule has 0 aromatic rings. The molecular formula is C14H28. The van der Waals surface area contributed by atoms with Crippen molar-refractivity contribution in [2.45, 2.75) is 60.3 Å². The van der Waals surface area contributed by atoms with E-state index in [-0.39, 0.29) is 0 Å². The van der Waals surface area contributed by atoms with E-state index in [0.717, 1.165) is 29.6 Å². The van der Waals surface area contributed by atoms with Gasteiger partial charge in [0.2, 0.25) is 0 Å². The molecule has 1 saturated carbocycles. The third kappa shape index (κ3) is 2.74. The lowest BCUT2D eigenvalue weighted by molar-refractivity contribution is 0.0971. The first-order valence-electron chi connectivity index (χ1n) is 6.56.